The lowest BCUT2D eigenvalue weighted by atomic mass is 9.86. The number of aliphatic carboxylic acids is 2. The molecule has 2 aromatic rings. The maximum Gasteiger partial charge on any atom is 0.317 e. The summed E-state index contributed by atoms with van der Waals surface area (Å²) in [5.74, 6) is -2.30. The molecule has 0 aliphatic heterocycles. The van der Waals surface area contributed by atoms with E-state index in [1.807, 2.05) is 62.4 Å². The average Bonchev–Trinajstić information content (AvgIpc) is 3.36. The summed E-state index contributed by atoms with van der Waals surface area (Å²) in [5, 5.41) is 32.1. The summed E-state index contributed by atoms with van der Waals surface area (Å²) in [4.78, 5) is 98.5. The third-order valence-electron chi connectivity index (χ3n) is 13.5. The van der Waals surface area contributed by atoms with Gasteiger partial charge in [-0.3, -0.25) is 19.2 Å². The number of carbonyl (C=O) groups is 7. The summed E-state index contributed by atoms with van der Waals surface area (Å²) in [6.07, 6.45) is 10.7. The lowest BCUT2D eigenvalue weighted by molar-refractivity contribution is -0.138. The minimum atomic E-state index is -1.13. The van der Waals surface area contributed by atoms with Crippen molar-refractivity contribution >= 4 is 73.7 Å². The third-order valence-corrected chi connectivity index (χ3v) is 14.6. The molecule has 10 N–H and O–H groups in total. The molecule has 0 spiro atoms. The fourth-order valence-corrected chi connectivity index (χ4v) is 9.78. The molecule has 0 radical (unpaired) electrons. The number of rotatable bonds is 36. The monoisotopic (exact) mass is 1160 g/mol. The van der Waals surface area contributed by atoms with Crippen LogP contribution in [0.3, 0.4) is 0 Å². The number of unbranched alkanes of at least 4 members (excludes halogenated alkanes) is 1. The highest BCUT2D eigenvalue weighted by atomic mass is 79.9. The molecule has 0 saturated heterocycles. The summed E-state index contributed by atoms with van der Waals surface area (Å²) >= 11 is 6.92. The number of hydrogen-bond acceptors (Lipinski definition) is 8. The summed E-state index contributed by atoms with van der Waals surface area (Å²) in [5.41, 5.74) is 13.7. The molecule has 18 nitrogen and oxygen atoms in total. The fourth-order valence-electron chi connectivity index (χ4n) is 9.25. The first-order chi connectivity index (χ1) is 35.4. The quantitative estimate of drug-likeness (QED) is 0.0303. The van der Waals surface area contributed by atoms with Crippen molar-refractivity contribution in [1.29, 1.82) is 0 Å². The van der Waals surface area contributed by atoms with Gasteiger partial charge in [-0.05, 0) is 118 Å². The normalized spacial score (nSPS) is 13.8. The zero-order valence-corrected chi connectivity index (χ0v) is 47.0. The second-order valence-electron chi connectivity index (χ2n) is 20.1. The Morgan fingerprint density at radius 2 is 1.18 bits per heavy atom. The van der Waals surface area contributed by atoms with Crippen molar-refractivity contribution in [2.45, 2.75) is 160 Å². The van der Waals surface area contributed by atoms with Gasteiger partial charge in [0.25, 0.3) is 0 Å². The molecule has 1 aliphatic rings. The fraction of sp³-hybridized carbons (Fsp3) is 0.648. The highest BCUT2D eigenvalue weighted by Crippen LogP contribution is 2.27. The zero-order valence-electron chi connectivity index (χ0n) is 43.8. The maximum atomic E-state index is 15.0. The van der Waals surface area contributed by atoms with E-state index in [9.17, 15) is 43.8 Å². The van der Waals surface area contributed by atoms with Gasteiger partial charge >= 0.3 is 30.0 Å². The molecule has 1 fully saturated rings. The first-order valence-electron chi connectivity index (χ1n) is 26.8. The van der Waals surface area contributed by atoms with Crippen LogP contribution in [0.4, 0.5) is 14.4 Å². The highest BCUT2D eigenvalue weighted by molar-refractivity contribution is 9.10. The van der Waals surface area contributed by atoms with E-state index in [1.165, 1.54) is 29.1 Å². The van der Waals surface area contributed by atoms with Crippen molar-refractivity contribution < 1.29 is 43.8 Å². The molecule has 1 aliphatic carbocycles. The Bertz CT molecular complexity index is 2010. The lowest BCUT2D eigenvalue weighted by Gasteiger charge is -2.41. The molecule has 1 saturated carbocycles. The van der Waals surface area contributed by atoms with Gasteiger partial charge < -0.3 is 57.6 Å². The van der Waals surface area contributed by atoms with E-state index in [4.69, 9.17) is 11.5 Å². The van der Waals surface area contributed by atoms with E-state index in [2.05, 4.69) is 53.1 Å². The summed E-state index contributed by atoms with van der Waals surface area (Å²) < 4.78 is 1.84. The van der Waals surface area contributed by atoms with Crippen LogP contribution in [0.1, 0.15) is 141 Å². The van der Waals surface area contributed by atoms with Gasteiger partial charge in [-0.1, -0.05) is 108 Å². The summed E-state index contributed by atoms with van der Waals surface area (Å²) in [6, 6.07) is 11.5. The number of carboxylic acid groups (broad SMARTS) is 2. The second kappa shape index (κ2) is 36.1. The van der Waals surface area contributed by atoms with Gasteiger partial charge in [-0.2, -0.15) is 0 Å². The number of amides is 8. The van der Waals surface area contributed by atoms with Gasteiger partial charge in [0.1, 0.15) is 0 Å². The molecule has 0 heterocycles. The molecule has 20 heteroatoms. The highest BCUT2D eigenvalue weighted by Gasteiger charge is 2.35. The predicted molar refractivity (Wildman–Crippen MR) is 295 cm³/mol. The number of nitrogens with two attached hydrogens (primary N) is 2. The number of primary amides is 1. The topological polar surface area (TPSA) is 270 Å². The summed E-state index contributed by atoms with van der Waals surface area (Å²) in [6.45, 7) is 4.67. The average molecular weight is 1160 g/mol. The number of nitrogens with one attached hydrogen (secondary N) is 4. The molecular weight excluding hydrogens is 1080 g/mol. The van der Waals surface area contributed by atoms with Crippen LogP contribution < -0.4 is 32.7 Å². The Balaban J connectivity index is 2.11. The van der Waals surface area contributed by atoms with E-state index in [1.54, 1.807) is 4.90 Å². The van der Waals surface area contributed by atoms with Gasteiger partial charge in [-0.15, -0.1) is 0 Å². The minimum Gasteiger partial charge on any atom is -0.481 e. The van der Waals surface area contributed by atoms with Crippen LogP contribution >= 0.6 is 31.9 Å². The molecule has 3 atom stereocenters. The van der Waals surface area contributed by atoms with Crippen molar-refractivity contribution in [2.75, 3.05) is 52.4 Å². The van der Waals surface area contributed by atoms with Crippen LogP contribution in [0.2, 0.25) is 0 Å². The summed E-state index contributed by atoms with van der Waals surface area (Å²) in [7, 11) is 0. The Morgan fingerprint density at radius 1 is 0.622 bits per heavy atom. The van der Waals surface area contributed by atoms with E-state index in [0.717, 1.165) is 45.8 Å². The number of benzene rings is 2. The standard InChI is InChI=1S/C54H85Br2N9O9/c1-39(2)15-26-49(67)62-45(24-27-50(68)69)36-64(53(73)60-33-8-12-40-10-4-3-5-11-40)46(14-6-7-31-57)38-65(54(74)61-34-29-42-18-22-44(56)23-19-42)47(25-28-51(70)71)37-63(35-30-48(58)66)52(72)59-32-9-13-41-16-20-43(55)21-17-41/h16-23,39-40,45-47H,3-15,24-38,57H2,1-2H3,(H2,58,66)(H,59,72)(H,60,73)(H,61,74)(H,62,67)(H,68,69)(H,70,71). The van der Waals surface area contributed by atoms with E-state index < -0.39 is 54.1 Å². The van der Waals surface area contributed by atoms with Crippen molar-refractivity contribution in [3.63, 3.8) is 0 Å². The number of carboxylic acids is 2. The number of urea groups is 3. The second-order valence-corrected chi connectivity index (χ2v) is 21.9. The van der Waals surface area contributed by atoms with Crippen molar-refractivity contribution in [2.24, 2.45) is 23.3 Å². The molecule has 0 aromatic heterocycles. The first kappa shape index (κ1) is 63.3. The molecule has 0 bridgehead atoms. The van der Waals surface area contributed by atoms with Crippen LogP contribution in [0.5, 0.6) is 0 Å². The van der Waals surface area contributed by atoms with E-state index >= 15 is 0 Å². The van der Waals surface area contributed by atoms with Crippen molar-refractivity contribution in [1.82, 2.24) is 36.0 Å². The molecule has 3 rings (SSSR count). The predicted octanol–water partition coefficient (Wildman–Crippen LogP) is 8.17. The number of halogens is 2. The Kier molecular flexibility index (Phi) is 30.9. The minimum absolute atomic E-state index is 0.0261. The maximum absolute atomic E-state index is 15.0. The van der Waals surface area contributed by atoms with Crippen LogP contribution in [0, 0.1) is 11.8 Å². The molecule has 8 amide bonds. The van der Waals surface area contributed by atoms with E-state index in [0.29, 0.717) is 64.0 Å². The van der Waals surface area contributed by atoms with Crippen molar-refractivity contribution in [3.8, 4) is 0 Å². The van der Waals surface area contributed by atoms with Crippen molar-refractivity contribution in [3.05, 3.63) is 68.6 Å². The number of nitrogens with zero attached hydrogens (tertiary/aromatic N) is 3. The number of hydrogen-bond donors (Lipinski definition) is 8. The van der Waals surface area contributed by atoms with Gasteiger partial charge in [0, 0.05) is 86.5 Å². The van der Waals surface area contributed by atoms with Crippen LogP contribution in [0.15, 0.2) is 57.5 Å². The van der Waals surface area contributed by atoms with Gasteiger partial charge in [0.15, 0.2) is 0 Å². The van der Waals surface area contributed by atoms with Gasteiger partial charge in [0.2, 0.25) is 11.8 Å². The Labute approximate surface area is 455 Å². The van der Waals surface area contributed by atoms with Gasteiger partial charge in [-0.25, -0.2) is 14.4 Å². The molecule has 74 heavy (non-hydrogen) atoms. The van der Waals surface area contributed by atoms with Crippen LogP contribution in [0.25, 0.3) is 0 Å². The molecular formula is C54H85Br2N9O9. The Morgan fingerprint density at radius 3 is 1.77 bits per heavy atom. The number of carbonyl (C=O) groups excluding carboxylic acids is 5. The molecule has 3 unspecified atom stereocenters. The SMILES string of the molecule is CC(C)CCC(=O)NC(CCC(=O)O)CN(C(=O)NCCCC1CCCCC1)C(CCCCN)CN(C(=O)NCCc1ccc(Br)cc1)C(CCC(=O)O)CN(CCC(N)=O)C(=O)NCCCc1ccc(Br)cc1. The van der Waals surface area contributed by atoms with Crippen LogP contribution in [-0.2, 0) is 32.0 Å². The Hall–Kier alpha value is -4.95. The molecule has 414 valence electrons. The third kappa shape index (κ3) is 27.0. The molecule has 2 aromatic carbocycles. The zero-order chi connectivity index (χ0) is 54.3. The lowest BCUT2D eigenvalue weighted by Crippen LogP contribution is -2.60. The number of aryl methyl sites for hydroxylation is 1. The first-order valence-corrected chi connectivity index (χ1v) is 28.3. The smallest absolute Gasteiger partial charge is 0.317 e. The largest absolute Gasteiger partial charge is 0.481 e. The van der Waals surface area contributed by atoms with E-state index in [-0.39, 0.29) is 89.6 Å². The van der Waals surface area contributed by atoms with Gasteiger partial charge in [0.05, 0.1) is 12.1 Å². The van der Waals surface area contributed by atoms with Crippen LogP contribution in [-0.4, -0.2) is 137 Å².